The Bertz CT molecular complexity index is 978. The average Bonchev–Trinajstić information content (AvgIpc) is 3.67. The van der Waals surface area contributed by atoms with E-state index in [1.54, 1.807) is 19.2 Å². The van der Waals surface area contributed by atoms with Crippen molar-refractivity contribution < 1.29 is 19.1 Å². The highest BCUT2D eigenvalue weighted by molar-refractivity contribution is 5.97. The Morgan fingerprint density at radius 3 is 2.57 bits per heavy atom. The van der Waals surface area contributed by atoms with Crippen molar-refractivity contribution in [2.24, 2.45) is 0 Å². The van der Waals surface area contributed by atoms with Gasteiger partial charge < -0.3 is 15.8 Å². The van der Waals surface area contributed by atoms with E-state index >= 15 is 0 Å². The highest BCUT2D eigenvalue weighted by Crippen LogP contribution is 2.20. The van der Waals surface area contributed by atoms with Crippen LogP contribution in [0, 0.1) is 0 Å². The number of rotatable bonds is 14. The lowest BCUT2D eigenvalue weighted by Gasteiger charge is -2.30. The maximum atomic E-state index is 13.4. The van der Waals surface area contributed by atoms with Crippen molar-refractivity contribution in [2.45, 2.75) is 70.4 Å². The van der Waals surface area contributed by atoms with E-state index in [-0.39, 0.29) is 37.8 Å². The predicted octanol–water partition coefficient (Wildman–Crippen LogP) is 3.05. The van der Waals surface area contributed by atoms with Crippen molar-refractivity contribution in [2.75, 3.05) is 18.9 Å². The first-order valence-corrected chi connectivity index (χ1v) is 12.4. The van der Waals surface area contributed by atoms with E-state index in [4.69, 9.17) is 10.5 Å². The molecule has 2 aromatic rings. The maximum Gasteiger partial charge on any atom is 0.307 e. The molecular formula is C27H36N4O4. The summed E-state index contributed by atoms with van der Waals surface area (Å²) in [4.78, 5) is 44.4. The van der Waals surface area contributed by atoms with Gasteiger partial charge in [0.1, 0.15) is 5.82 Å². The fraction of sp³-hybridized carbons (Fsp3) is 0.481. The summed E-state index contributed by atoms with van der Waals surface area (Å²) in [7, 11) is 0. The number of ether oxygens (including phenoxy) is 1. The minimum Gasteiger partial charge on any atom is -0.466 e. The quantitative estimate of drug-likeness (QED) is 0.399. The lowest BCUT2D eigenvalue weighted by atomic mass is 10.00. The number of pyridine rings is 1. The van der Waals surface area contributed by atoms with E-state index in [1.807, 2.05) is 36.4 Å². The average molecular weight is 481 g/mol. The molecular weight excluding hydrogens is 444 g/mol. The molecule has 0 spiro atoms. The van der Waals surface area contributed by atoms with E-state index in [9.17, 15) is 14.4 Å². The molecule has 1 heterocycles. The van der Waals surface area contributed by atoms with Gasteiger partial charge in [-0.25, -0.2) is 4.98 Å². The lowest BCUT2D eigenvalue weighted by Crippen LogP contribution is -2.49. The molecule has 1 unspecified atom stereocenters. The smallest absolute Gasteiger partial charge is 0.307 e. The zero-order chi connectivity index (χ0) is 25.0. The first kappa shape index (κ1) is 26.3. The number of benzene rings is 1. The summed E-state index contributed by atoms with van der Waals surface area (Å²) in [6.07, 6.45) is 6.25. The van der Waals surface area contributed by atoms with Crippen molar-refractivity contribution in [3.63, 3.8) is 0 Å². The monoisotopic (exact) mass is 480 g/mol. The summed E-state index contributed by atoms with van der Waals surface area (Å²) in [5.41, 5.74) is 7.83. The van der Waals surface area contributed by atoms with Gasteiger partial charge in [0.05, 0.1) is 25.6 Å². The first-order chi connectivity index (χ1) is 17.0. The van der Waals surface area contributed by atoms with Crippen LogP contribution in [-0.2, 0) is 32.0 Å². The van der Waals surface area contributed by atoms with Crippen LogP contribution in [0.5, 0.6) is 0 Å². The van der Waals surface area contributed by atoms with Gasteiger partial charge in [0, 0.05) is 18.7 Å². The van der Waals surface area contributed by atoms with Crippen LogP contribution >= 0.6 is 0 Å². The van der Waals surface area contributed by atoms with Gasteiger partial charge in [-0.1, -0.05) is 30.3 Å². The number of anilines is 1. The van der Waals surface area contributed by atoms with Crippen LogP contribution in [0.1, 0.15) is 56.6 Å². The fourth-order valence-corrected chi connectivity index (χ4v) is 4.08. The molecule has 1 aliphatic carbocycles. The molecule has 188 valence electrons. The third-order valence-electron chi connectivity index (χ3n) is 6.04. The van der Waals surface area contributed by atoms with Crippen molar-refractivity contribution in [3.05, 3.63) is 59.8 Å². The van der Waals surface area contributed by atoms with E-state index < -0.39 is 12.0 Å². The van der Waals surface area contributed by atoms with E-state index in [2.05, 4.69) is 10.3 Å². The summed E-state index contributed by atoms with van der Waals surface area (Å²) >= 11 is 0. The van der Waals surface area contributed by atoms with Gasteiger partial charge in [-0.05, 0) is 68.7 Å². The zero-order valence-corrected chi connectivity index (χ0v) is 20.4. The van der Waals surface area contributed by atoms with Gasteiger partial charge in [0.15, 0.2) is 0 Å². The summed E-state index contributed by atoms with van der Waals surface area (Å²) in [6.45, 7) is 2.09. The number of nitrogens with one attached hydrogen (secondary N) is 1. The molecule has 0 bridgehead atoms. The van der Waals surface area contributed by atoms with Gasteiger partial charge in [-0.15, -0.1) is 0 Å². The second kappa shape index (κ2) is 13.6. The maximum absolute atomic E-state index is 13.4. The Morgan fingerprint density at radius 2 is 1.89 bits per heavy atom. The Balaban J connectivity index is 1.72. The summed E-state index contributed by atoms with van der Waals surface area (Å²) in [5.74, 6) is -0.528. The normalized spacial score (nSPS) is 13.7. The topological polar surface area (TPSA) is 115 Å². The van der Waals surface area contributed by atoms with Crippen molar-refractivity contribution >= 4 is 23.6 Å². The number of nitrogens with zero attached hydrogens (tertiary/aromatic N) is 2. The molecule has 0 radical (unpaired) electrons. The second-order valence-electron chi connectivity index (χ2n) is 8.94. The number of aromatic nitrogens is 1. The number of amides is 2. The number of hydrogen-bond acceptors (Lipinski definition) is 7. The Morgan fingerprint density at radius 1 is 1.11 bits per heavy atom. The largest absolute Gasteiger partial charge is 0.466 e. The Kier molecular flexibility index (Phi) is 10.2. The minimum atomic E-state index is -0.563. The predicted molar refractivity (Wildman–Crippen MR) is 134 cm³/mol. The number of nitrogens with two attached hydrogens (primary N) is 1. The Labute approximate surface area is 207 Å². The molecule has 1 aromatic heterocycles. The fourth-order valence-electron chi connectivity index (χ4n) is 4.08. The lowest BCUT2D eigenvalue weighted by molar-refractivity contribution is -0.151. The summed E-state index contributed by atoms with van der Waals surface area (Å²) in [6, 6.07) is 13.3. The van der Waals surface area contributed by atoms with Crippen LogP contribution in [0.15, 0.2) is 48.7 Å². The SMILES string of the molecule is CCOC(=O)CC(CCc1ccccc1)N(C(=O)CCCc1ccnc(N)c1)C(=O)CNC1CC1. The number of aryl methyl sites for hydroxylation is 2. The second-order valence-corrected chi connectivity index (χ2v) is 8.94. The molecule has 2 amide bonds. The van der Waals surface area contributed by atoms with Gasteiger partial charge >= 0.3 is 5.97 Å². The molecule has 3 rings (SSSR count). The molecule has 8 nitrogen and oxygen atoms in total. The molecule has 1 saturated carbocycles. The molecule has 0 aliphatic heterocycles. The zero-order valence-electron chi connectivity index (χ0n) is 20.4. The standard InChI is InChI=1S/C27H36N4O4/c1-2-35-27(34)18-23(14-11-20-7-4-3-5-8-20)31(26(33)19-30-22-12-13-22)25(32)10-6-9-21-15-16-29-24(28)17-21/h3-5,7-8,15-17,22-23,30H,2,6,9-14,18-19H2,1H3,(H2,28,29). The van der Waals surface area contributed by atoms with E-state index in [0.29, 0.717) is 37.5 Å². The summed E-state index contributed by atoms with van der Waals surface area (Å²) < 4.78 is 5.17. The third kappa shape index (κ3) is 9.13. The number of nitrogen functional groups attached to an aromatic ring is 1. The molecule has 1 atom stereocenters. The Hall–Kier alpha value is -3.26. The molecule has 1 aliphatic rings. The van der Waals surface area contributed by atoms with Gasteiger partial charge in [-0.3, -0.25) is 19.3 Å². The summed E-state index contributed by atoms with van der Waals surface area (Å²) in [5, 5.41) is 3.21. The van der Waals surface area contributed by atoms with Crippen LogP contribution in [0.25, 0.3) is 0 Å². The van der Waals surface area contributed by atoms with E-state index in [1.165, 1.54) is 4.90 Å². The van der Waals surface area contributed by atoms with Crippen LogP contribution in [0.3, 0.4) is 0 Å². The number of esters is 1. The number of hydrogen-bond donors (Lipinski definition) is 2. The molecule has 35 heavy (non-hydrogen) atoms. The third-order valence-corrected chi connectivity index (χ3v) is 6.04. The van der Waals surface area contributed by atoms with Gasteiger partial charge in [0.2, 0.25) is 11.8 Å². The minimum absolute atomic E-state index is 0.0114. The molecule has 8 heteroatoms. The number of carbonyl (C=O) groups excluding carboxylic acids is 3. The molecule has 3 N–H and O–H groups in total. The van der Waals surface area contributed by atoms with Gasteiger partial charge in [0.25, 0.3) is 0 Å². The van der Waals surface area contributed by atoms with Gasteiger partial charge in [-0.2, -0.15) is 0 Å². The molecule has 1 fully saturated rings. The van der Waals surface area contributed by atoms with Crippen LogP contribution in [0.2, 0.25) is 0 Å². The highest BCUT2D eigenvalue weighted by Gasteiger charge is 2.32. The van der Waals surface area contributed by atoms with Crippen molar-refractivity contribution in [3.8, 4) is 0 Å². The van der Waals surface area contributed by atoms with Crippen molar-refractivity contribution in [1.82, 2.24) is 15.2 Å². The highest BCUT2D eigenvalue weighted by atomic mass is 16.5. The van der Waals surface area contributed by atoms with Crippen molar-refractivity contribution in [1.29, 1.82) is 0 Å². The number of imide groups is 1. The van der Waals surface area contributed by atoms with Crippen LogP contribution in [0.4, 0.5) is 5.82 Å². The molecule has 1 aromatic carbocycles. The van der Waals surface area contributed by atoms with E-state index in [0.717, 1.165) is 24.0 Å². The molecule has 0 saturated heterocycles. The first-order valence-electron chi connectivity index (χ1n) is 12.4. The van der Waals surface area contributed by atoms with Crippen LogP contribution < -0.4 is 11.1 Å². The number of carbonyl (C=O) groups is 3. The van der Waals surface area contributed by atoms with Crippen LogP contribution in [-0.4, -0.2) is 52.9 Å².